The quantitative estimate of drug-likeness (QED) is 0.631. The Morgan fingerprint density at radius 3 is 2.74 bits per heavy atom. The number of aromatic nitrogens is 1. The third-order valence-corrected chi connectivity index (χ3v) is 5.14. The third-order valence-electron chi connectivity index (χ3n) is 5.14. The van der Waals surface area contributed by atoms with Crippen LogP contribution in [0.1, 0.15) is 11.1 Å². The van der Waals surface area contributed by atoms with Crippen molar-refractivity contribution in [2.24, 2.45) is 0 Å². The molecular weight excluding hydrogens is 399 g/mol. The van der Waals surface area contributed by atoms with Crippen LogP contribution in [0, 0.1) is 5.82 Å². The van der Waals surface area contributed by atoms with Gasteiger partial charge in [0.25, 0.3) is 0 Å². The summed E-state index contributed by atoms with van der Waals surface area (Å²) in [6.45, 7) is 0.323. The molecule has 0 spiro atoms. The smallest absolute Gasteiger partial charge is 0.224 e. The average molecular weight is 422 g/mol. The van der Waals surface area contributed by atoms with Gasteiger partial charge in [0.1, 0.15) is 17.7 Å². The van der Waals surface area contributed by atoms with E-state index in [0.29, 0.717) is 41.5 Å². The van der Waals surface area contributed by atoms with Crippen molar-refractivity contribution in [2.45, 2.75) is 18.9 Å². The number of ether oxygens (including phenoxy) is 3. The summed E-state index contributed by atoms with van der Waals surface area (Å²) in [6.07, 6.45) is 2.11. The van der Waals surface area contributed by atoms with E-state index in [9.17, 15) is 9.18 Å². The molecule has 1 N–H and O–H groups in total. The van der Waals surface area contributed by atoms with Crippen LogP contribution in [0.2, 0.25) is 0 Å². The molecule has 2 heterocycles. The molecule has 3 aromatic rings. The number of nitrogens with zero attached hydrogens (tertiary/aromatic N) is 1. The third kappa shape index (κ3) is 4.60. The Bertz CT molecular complexity index is 1090. The Kier molecular flexibility index (Phi) is 6.02. The first-order valence-corrected chi connectivity index (χ1v) is 9.95. The highest BCUT2D eigenvalue weighted by atomic mass is 19.1. The zero-order valence-electron chi connectivity index (χ0n) is 17.4. The summed E-state index contributed by atoms with van der Waals surface area (Å²) in [5.41, 5.74) is 2.86. The van der Waals surface area contributed by atoms with Gasteiger partial charge < -0.3 is 19.5 Å². The fourth-order valence-corrected chi connectivity index (χ4v) is 3.69. The normalized spacial score (nSPS) is 14.5. The fourth-order valence-electron chi connectivity index (χ4n) is 3.69. The minimum Gasteiger partial charge on any atom is -0.493 e. The van der Waals surface area contributed by atoms with Crippen LogP contribution in [0.5, 0.6) is 17.2 Å². The Hall–Kier alpha value is -3.61. The summed E-state index contributed by atoms with van der Waals surface area (Å²) in [7, 11) is 3.12. The van der Waals surface area contributed by atoms with Crippen molar-refractivity contribution < 1.29 is 23.4 Å². The fraction of sp³-hybridized carbons (Fsp3) is 0.250. The van der Waals surface area contributed by atoms with Crippen LogP contribution in [-0.4, -0.2) is 37.8 Å². The van der Waals surface area contributed by atoms with Gasteiger partial charge in [-0.15, -0.1) is 0 Å². The molecule has 0 fully saturated rings. The summed E-state index contributed by atoms with van der Waals surface area (Å²) < 4.78 is 30.7. The molecule has 6 nitrogen and oxygen atoms in total. The molecular formula is C24H23FN2O4. The van der Waals surface area contributed by atoms with E-state index in [1.54, 1.807) is 38.6 Å². The van der Waals surface area contributed by atoms with Crippen molar-refractivity contribution >= 4 is 5.91 Å². The summed E-state index contributed by atoms with van der Waals surface area (Å²) in [5.74, 6) is 1.34. The molecule has 1 unspecified atom stereocenters. The second-order valence-electron chi connectivity index (χ2n) is 7.27. The van der Waals surface area contributed by atoms with E-state index in [1.165, 1.54) is 12.1 Å². The first kappa shape index (κ1) is 20.7. The SMILES string of the molecule is COc1ccc(CC(=O)NCC2Cc3cc(F)cc(-c4ccccn4)c3O2)cc1OC. The molecule has 0 saturated heterocycles. The molecule has 31 heavy (non-hydrogen) atoms. The van der Waals surface area contributed by atoms with Crippen LogP contribution in [0.4, 0.5) is 4.39 Å². The van der Waals surface area contributed by atoms with Crippen LogP contribution < -0.4 is 19.5 Å². The van der Waals surface area contributed by atoms with Gasteiger partial charge in [0.15, 0.2) is 11.5 Å². The maximum Gasteiger partial charge on any atom is 0.224 e. The Balaban J connectivity index is 1.39. The van der Waals surface area contributed by atoms with Crippen LogP contribution in [0.15, 0.2) is 54.7 Å². The van der Waals surface area contributed by atoms with Gasteiger partial charge in [-0.25, -0.2) is 4.39 Å². The highest BCUT2D eigenvalue weighted by Crippen LogP contribution is 2.38. The summed E-state index contributed by atoms with van der Waals surface area (Å²) in [5, 5.41) is 2.90. The molecule has 0 bridgehead atoms. The number of amides is 1. The van der Waals surface area contributed by atoms with Gasteiger partial charge in [-0.2, -0.15) is 0 Å². The molecule has 1 atom stereocenters. The number of nitrogens with one attached hydrogen (secondary N) is 1. The standard InChI is InChI=1S/C24H23FN2O4/c1-29-21-7-6-15(9-22(21)30-2)10-23(28)27-14-18-12-16-11-17(25)13-19(24(16)31-18)20-5-3-4-8-26-20/h3-9,11,13,18H,10,12,14H2,1-2H3,(H,27,28). The lowest BCUT2D eigenvalue weighted by Crippen LogP contribution is -2.35. The number of hydrogen-bond acceptors (Lipinski definition) is 5. The largest absolute Gasteiger partial charge is 0.493 e. The number of hydrogen-bond donors (Lipinski definition) is 1. The Labute approximate surface area is 180 Å². The van der Waals surface area contributed by atoms with E-state index in [4.69, 9.17) is 14.2 Å². The van der Waals surface area contributed by atoms with Gasteiger partial charge in [0.05, 0.1) is 32.9 Å². The summed E-state index contributed by atoms with van der Waals surface area (Å²) in [4.78, 5) is 16.7. The van der Waals surface area contributed by atoms with Crippen molar-refractivity contribution in [1.29, 1.82) is 0 Å². The Morgan fingerprint density at radius 2 is 2.00 bits per heavy atom. The summed E-state index contributed by atoms with van der Waals surface area (Å²) >= 11 is 0. The van der Waals surface area contributed by atoms with Crippen LogP contribution >= 0.6 is 0 Å². The molecule has 1 aromatic heterocycles. The van der Waals surface area contributed by atoms with Crippen LogP contribution in [0.3, 0.4) is 0 Å². The van der Waals surface area contributed by atoms with Gasteiger partial charge >= 0.3 is 0 Å². The zero-order valence-corrected chi connectivity index (χ0v) is 17.4. The highest BCUT2D eigenvalue weighted by Gasteiger charge is 2.27. The van der Waals surface area contributed by atoms with Gasteiger partial charge in [-0.3, -0.25) is 9.78 Å². The molecule has 0 aliphatic carbocycles. The minimum atomic E-state index is -0.332. The second kappa shape index (κ2) is 9.04. The van der Waals surface area contributed by atoms with E-state index in [0.717, 1.165) is 11.1 Å². The van der Waals surface area contributed by atoms with E-state index in [2.05, 4.69) is 10.3 Å². The lowest BCUT2D eigenvalue weighted by atomic mass is 10.0. The molecule has 2 aromatic carbocycles. The van der Waals surface area contributed by atoms with Gasteiger partial charge in [0, 0.05) is 23.7 Å². The molecule has 1 aliphatic heterocycles. The van der Waals surface area contributed by atoms with Gasteiger partial charge in [0.2, 0.25) is 5.91 Å². The predicted molar refractivity (Wildman–Crippen MR) is 114 cm³/mol. The van der Waals surface area contributed by atoms with E-state index >= 15 is 0 Å². The van der Waals surface area contributed by atoms with Crippen molar-refractivity contribution in [3.05, 3.63) is 71.7 Å². The van der Waals surface area contributed by atoms with Crippen LogP contribution in [-0.2, 0) is 17.6 Å². The maximum absolute atomic E-state index is 14.1. The lowest BCUT2D eigenvalue weighted by Gasteiger charge is -2.14. The van der Waals surface area contributed by atoms with Gasteiger partial charge in [-0.1, -0.05) is 12.1 Å². The van der Waals surface area contributed by atoms with E-state index in [1.807, 2.05) is 18.2 Å². The minimum absolute atomic E-state index is 0.136. The van der Waals surface area contributed by atoms with Crippen LogP contribution in [0.25, 0.3) is 11.3 Å². The maximum atomic E-state index is 14.1. The zero-order chi connectivity index (χ0) is 21.8. The predicted octanol–water partition coefficient (Wildman–Crippen LogP) is 3.57. The van der Waals surface area contributed by atoms with Crippen molar-refractivity contribution in [2.75, 3.05) is 20.8 Å². The number of rotatable bonds is 7. The molecule has 1 aliphatic rings. The van der Waals surface area contributed by atoms with E-state index < -0.39 is 0 Å². The molecule has 4 rings (SSSR count). The van der Waals surface area contributed by atoms with Crippen molar-refractivity contribution in [3.8, 4) is 28.5 Å². The first-order valence-electron chi connectivity index (χ1n) is 9.95. The number of pyridine rings is 1. The molecule has 160 valence electrons. The van der Waals surface area contributed by atoms with Gasteiger partial charge in [-0.05, 0) is 42.0 Å². The molecule has 1 amide bonds. The van der Waals surface area contributed by atoms with Crippen molar-refractivity contribution in [1.82, 2.24) is 10.3 Å². The first-order chi connectivity index (χ1) is 15.1. The highest BCUT2D eigenvalue weighted by molar-refractivity contribution is 5.79. The number of carbonyl (C=O) groups excluding carboxylic acids is 1. The number of methoxy groups -OCH3 is 2. The number of fused-ring (bicyclic) bond motifs is 1. The monoisotopic (exact) mass is 422 g/mol. The molecule has 7 heteroatoms. The lowest BCUT2D eigenvalue weighted by molar-refractivity contribution is -0.120. The average Bonchev–Trinajstić information content (AvgIpc) is 3.20. The Morgan fingerprint density at radius 1 is 1.16 bits per heavy atom. The number of halogens is 1. The summed E-state index contributed by atoms with van der Waals surface area (Å²) in [6, 6.07) is 13.8. The van der Waals surface area contributed by atoms with Crippen molar-refractivity contribution in [3.63, 3.8) is 0 Å². The molecule has 0 radical (unpaired) electrons. The number of carbonyl (C=O) groups is 1. The number of benzene rings is 2. The van der Waals surface area contributed by atoms with E-state index in [-0.39, 0.29) is 24.2 Å². The second-order valence-corrected chi connectivity index (χ2v) is 7.27. The topological polar surface area (TPSA) is 69.7 Å². The molecule has 0 saturated carbocycles.